The van der Waals surface area contributed by atoms with Crippen molar-refractivity contribution in [3.05, 3.63) is 23.8 Å². The molecule has 0 saturated heterocycles. The monoisotopic (exact) mass is 190 g/mol. The number of hydrogen-bond donors (Lipinski definition) is 1. The number of nitrogens with two attached hydrogens (primary N) is 1. The molecule has 1 heterocycles. The number of aryl methyl sites for hydroxylation is 1. The standard InChI is InChI=1S/C11H14N2O/c1-2-13-10-7-9(12)5-3-8(10)4-6-11(13)14/h3,5,7H,2,4,6,12H2,1H3. The lowest BCUT2D eigenvalue weighted by Crippen LogP contribution is -2.34. The molecule has 0 fully saturated rings. The van der Waals surface area contributed by atoms with E-state index in [-0.39, 0.29) is 5.91 Å². The van der Waals surface area contributed by atoms with Gasteiger partial charge in [0.15, 0.2) is 0 Å². The van der Waals surface area contributed by atoms with Crippen molar-refractivity contribution in [3.8, 4) is 0 Å². The summed E-state index contributed by atoms with van der Waals surface area (Å²) in [7, 11) is 0. The van der Waals surface area contributed by atoms with E-state index in [4.69, 9.17) is 5.73 Å². The molecule has 74 valence electrons. The van der Waals surface area contributed by atoms with E-state index in [0.29, 0.717) is 6.42 Å². The van der Waals surface area contributed by atoms with Gasteiger partial charge in [-0.2, -0.15) is 0 Å². The first-order valence-corrected chi connectivity index (χ1v) is 4.91. The Morgan fingerprint density at radius 2 is 2.21 bits per heavy atom. The molecular weight excluding hydrogens is 176 g/mol. The summed E-state index contributed by atoms with van der Waals surface area (Å²) in [4.78, 5) is 13.4. The molecule has 0 radical (unpaired) electrons. The zero-order valence-corrected chi connectivity index (χ0v) is 8.29. The van der Waals surface area contributed by atoms with E-state index in [2.05, 4.69) is 0 Å². The van der Waals surface area contributed by atoms with Crippen LogP contribution >= 0.6 is 0 Å². The molecule has 0 unspecified atom stereocenters. The van der Waals surface area contributed by atoms with E-state index in [1.165, 1.54) is 5.56 Å². The molecule has 0 bridgehead atoms. The molecule has 0 spiro atoms. The van der Waals surface area contributed by atoms with Crippen molar-refractivity contribution in [1.82, 2.24) is 0 Å². The first-order chi connectivity index (χ1) is 6.72. The lowest BCUT2D eigenvalue weighted by atomic mass is 10.0. The van der Waals surface area contributed by atoms with Crippen LogP contribution in [0.2, 0.25) is 0 Å². The van der Waals surface area contributed by atoms with Crippen LogP contribution in [-0.4, -0.2) is 12.5 Å². The smallest absolute Gasteiger partial charge is 0.227 e. The third-order valence-electron chi connectivity index (χ3n) is 2.63. The minimum atomic E-state index is 0.200. The molecule has 0 atom stereocenters. The number of rotatable bonds is 1. The highest BCUT2D eigenvalue weighted by atomic mass is 16.2. The van der Waals surface area contributed by atoms with Gasteiger partial charge in [-0.25, -0.2) is 0 Å². The highest BCUT2D eigenvalue weighted by Gasteiger charge is 2.22. The maximum absolute atomic E-state index is 11.6. The maximum Gasteiger partial charge on any atom is 0.227 e. The molecule has 3 heteroatoms. The van der Waals surface area contributed by atoms with Gasteiger partial charge in [0.2, 0.25) is 5.91 Å². The van der Waals surface area contributed by atoms with Crippen LogP contribution in [-0.2, 0) is 11.2 Å². The van der Waals surface area contributed by atoms with E-state index in [0.717, 1.165) is 24.3 Å². The largest absolute Gasteiger partial charge is 0.399 e. The molecule has 1 aromatic carbocycles. The van der Waals surface area contributed by atoms with Gasteiger partial charge < -0.3 is 10.6 Å². The van der Waals surface area contributed by atoms with Crippen LogP contribution in [0.1, 0.15) is 18.9 Å². The number of nitrogens with zero attached hydrogens (tertiary/aromatic N) is 1. The van der Waals surface area contributed by atoms with Crippen molar-refractivity contribution >= 4 is 17.3 Å². The summed E-state index contributed by atoms with van der Waals surface area (Å²) in [6, 6.07) is 5.79. The Hall–Kier alpha value is -1.51. The summed E-state index contributed by atoms with van der Waals surface area (Å²) in [5, 5.41) is 0. The number of carbonyl (C=O) groups is 1. The van der Waals surface area contributed by atoms with Crippen molar-refractivity contribution in [3.63, 3.8) is 0 Å². The lowest BCUT2D eigenvalue weighted by molar-refractivity contribution is -0.118. The van der Waals surface area contributed by atoms with E-state index in [1.54, 1.807) is 4.90 Å². The minimum absolute atomic E-state index is 0.200. The Bertz CT molecular complexity index is 374. The fraction of sp³-hybridized carbons (Fsp3) is 0.364. The van der Waals surface area contributed by atoms with Crippen molar-refractivity contribution in [2.24, 2.45) is 0 Å². The van der Waals surface area contributed by atoms with E-state index < -0.39 is 0 Å². The van der Waals surface area contributed by atoms with E-state index in [9.17, 15) is 4.79 Å². The van der Waals surface area contributed by atoms with Gasteiger partial charge in [-0.3, -0.25) is 4.79 Å². The normalized spacial score (nSPS) is 15.5. The number of hydrogen-bond acceptors (Lipinski definition) is 2. The minimum Gasteiger partial charge on any atom is -0.399 e. The second kappa shape index (κ2) is 3.33. The van der Waals surface area contributed by atoms with E-state index in [1.807, 2.05) is 25.1 Å². The van der Waals surface area contributed by atoms with Crippen LogP contribution in [0.3, 0.4) is 0 Å². The molecule has 14 heavy (non-hydrogen) atoms. The Morgan fingerprint density at radius 3 is 2.93 bits per heavy atom. The molecule has 0 saturated carbocycles. The number of carbonyl (C=O) groups excluding carboxylic acids is 1. The van der Waals surface area contributed by atoms with Crippen LogP contribution < -0.4 is 10.6 Å². The van der Waals surface area contributed by atoms with Crippen LogP contribution in [0.15, 0.2) is 18.2 Å². The Kier molecular flexibility index (Phi) is 2.15. The number of anilines is 2. The number of benzene rings is 1. The topological polar surface area (TPSA) is 46.3 Å². The van der Waals surface area contributed by atoms with Gasteiger partial charge in [-0.15, -0.1) is 0 Å². The lowest BCUT2D eigenvalue weighted by Gasteiger charge is -2.28. The number of amides is 1. The van der Waals surface area contributed by atoms with Gasteiger partial charge in [0.05, 0.1) is 0 Å². The van der Waals surface area contributed by atoms with Crippen LogP contribution in [0.5, 0.6) is 0 Å². The molecular formula is C11H14N2O. The van der Waals surface area contributed by atoms with Gasteiger partial charge >= 0.3 is 0 Å². The second-order valence-corrected chi connectivity index (χ2v) is 3.53. The fourth-order valence-electron chi connectivity index (χ4n) is 1.90. The molecule has 1 aliphatic heterocycles. The Morgan fingerprint density at radius 1 is 1.43 bits per heavy atom. The van der Waals surface area contributed by atoms with Gasteiger partial charge in [-0.05, 0) is 31.0 Å². The third kappa shape index (κ3) is 1.35. The van der Waals surface area contributed by atoms with Gasteiger partial charge in [0.25, 0.3) is 0 Å². The van der Waals surface area contributed by atoms with E-state index >= 15 is 0 Å². The van der Waals surface area contributed by atoms with Crippen molar-refractivity contribution in [1.29, 1.82) is 0 Å². The Labute approximate surface area is 83.5 Å². The molecule has 2 N–H and O–H groups in total. The van der Waals surface area contributed by atoms with Gasteiger partial charge in [0, 0.05) is 24.3 Å². The summed E-state index contributed by atoms with van der Waals surface area (Å²) in [6.45, 7) is 2.70. The second-order valence-electron chi connectivity index (χ2n) is 3.53. The molecule has 1 aromatic rings. The zero-order valence-electron chi connectivity index (χ0n) is 8.29. The average Bonchev–Trinajstić information content (AvgIpc) is 2.17. The van der Waals surface area contributed by atoms with Crippen molar-refractivity contribution in [2.45, 2.75) is 19.8 Å². The summed E-state index contributed by atoms with van der Waals surface area (Å²) < 4.78 is 0. The molecule has 2 rings (SSSR count). The highest BCUT2D eigenvalue weighted by Crippen LogP contribution is 2.29. The number of fused-ring (bicyclic) bond motifs is 1. The predicted molar refractivity (Wildman–Crippen MR) is 57.2 cm³/mol. The molecule has 0 aliphatic carbocycles. The quantitative estimate of drug-likeness (QED) is 0.683. The molecule has 3 nitrogen and oxygen atoms in total. The van der Waals surface area contributed by atoms with Crippen LogP contribution in [0.4, 0.5) is 11.4 Å². The van der Waals surface area contributed by atoms with Crippen LogP contribution in [0.25, 0.3) is 0 Å². The molecule has 0 aromatic heterocycles. The van der Waals surface area contributed by atoms with Crippen molar-refractivity contribution in [2.75, 3.05) is 17.2 Å². The first kappa shape index (κ1) is 9.06. The third-order valence-corrected chi connectivity index (χ3v) is 2.63. The molecule has 1 amide bonds. The summed E-state index contributed by atoms with van der Waals surface area (Å²) >= 11 is 0. The maximum atomic E-state index is 11.6. The van der Waals surface area contributed by atoms with Crippen molar-refractivity contribution < 1.29 is 4.79 Å². The SMILES string of the molecule is CCN1C(=O)CCc2ccc(N)cc21. The summed E-state index contributed by atoms with van der Waals surface area (Å²) in [5.74, 6) is 0.200. The summed E-state index contributed by atoms with van der Waals surface area (Å²) in [6.07, 6.45) is 1.45. The van der Waals surface area contributed by atoms with Gasteiger partial charge in [0.1, 0.15) is 0 Å². The fourth-order valence-corrected chi connectivity index (χ4v) is 1.90. The highest BCUT2D eigenvalue weighted by molar-refractivity contribution is 5.96. The first-order valence-electron chi connectivity index (χ1n) is 4.91. The summed E-state index contributed by atoms with van der Waals surface area (Å²) in [5.41, 5.74) is 8.64. The predicted octanol–water partition coefficient (Wildman–Crippen LogP) is 1.57. The van der Waals surface area contributed by atoms with Gasteiger partial charge in [-0.1, -0.05) is 6.07 Å². The average molecular weight is 190 g/mol. The van der Waals surface area contributed by atoms with Crippen LogP contribution in [0, 0.1) is 0 Å². The molecule has 1 aliphatic rings. The Balaban J connectivity index is 2.49. The number of nitrogen functional groups attached to an aromatic ring is 1. The zero-order chi connectivity index (χ0) is 10.1.